The molecule has 0 unspecified atom stereocenters. The molecule has 2 N–H and O–H groups in total. The molecule has 0 saturated carbocycles. The average molecular weight is 413 g/mol. The van der Waals surface area contributed by atoms with Gasteiger partial charge < -0.3 is 20.1 Å². The number of hydrogen-bond acceptors (Lipinski definition) is 4. The van der Waals surface area contributed by atoms with Gasteiger partial charge in [0.15, 0.2) is 11.5 Å². The zero-order valence-electron chi connectivity index (χ0n) is 18.5. The Labute approximate surface area is 179 Å². The molecular formula is C24H32N2O4. The highest BCUT2D eigenvalue weighted by Gasteiger charge is 2.14. The lowest BCUT2D eigenvalue weighted by atomic mass is 9.87. The van der Waals surface area contributed by atoms with Crippen LogP contribution in [-0.2, 0) is 10.2 Å². The number of rotatable bonds is 9. The Kier molecular flexibility index (Phi) is 8.27. The number of carbonyl (C=O) groups is 2. The van der Waals surface area contributed by atoms with Gasteiger partial charge in [0.2, 0.25) is 5.91 Å². The molecule has 0 heterocycles. The van der Waals surface area contributed by atoms with Crippen molar-refractivity contribution in [2.45, 2.75) is 46.5 Å². The molecule has 0 fully saturated rings. The largest absolute Gasteiger partial charge is 0.490 e. The summed E-state index contributed by atoms with van der Waals surface area (Å²) in [4.78, 5) is 24.5. The van der Waals surface area contributed by atoms with Gasteiger partial charge in [-0.25, -0.2) is 0 Å². The van der Waals surface area contributed by atoms with Crippen LogP contribution in [-0.4, -0.2) is 31.6 Å². The van der Waals surface area contributed by atoms with E-state index in [1.54, 1.807) is 18.2 Å². The summed E-state index contributed by atoms with van der Waals surface area (Å²) in [5.41, 5.74) is 2.41. The maximum absolute atomic E-state index is 12.3. The average Bonchev–Trinajstić information content (AvgIpc) is 2.69. The van der Waals surface area contributed by atoms with Gasteiger partial charge in [0.05, 0.1) is 13.2 Å². The maximum atomic E-state index is 12.3. The van der Waals surface area contributed by atoms with Crippen LogP contribution in [0.4, 0.5) is 5.69 Å². The Balaban J connectivity index is 1.86. The minimum absolute atomic E-state index is 0.0377. The van der Waals surface area contributed by atoms with Gasteiger partial charge in [-0.2, -0.15) is 0 Å². The molecule has 0 atom stereocenters. The second-order valence-electron chi connectivity index (χ2n) is 7.91. The van der Waals surface area contributed by atoms with Crippen LogP contribution < -0.4 is 20.1 Å². The third-order valence-corrected chi connectivity index (χ3v) is 4.48. The van der Waals surface area contributed by atoms with E-state index < -0.39 is 0 Å². The van der Waals surface area contributed by atoms with Crippen molar-refractivity contribution < 1.29 is 19.1 Å². The number of amides is 2. The number of benzene rings is 2. The highest BCUT2D eigenvalue weighted by Crippen LogP contribution is 2.30. The number of nitrogens with one attached hydrogen (secondary N) is 2. The fourth-order valence-electron chi connectivity index (χ4n) is 2.87. The molecule has 2 rings (SSSR count). The standard InChI is InChI=1S/C24H32N2O4/c1-6-29-20-13-12-19(16-21(20)30-7-2)26-22(27)14-15-25-23(28)17-8-10-18(11-9-17)24(3,4)5/h8-13,16H,6-7,14-15H2,1-5H3,(H,25,28)(H,26,27). The Morgan fingerprint density at radius 3 is 2.13 bits per heavy atom. The first kappa shape index (κ1) is 23.3. The lowest BCUT2D eigenvalue weighted by Crippen LogP contribution is -2.27. The first-order valence-corrected chi connectivity index (χ1v) is 10.3. The highest BCUT2D eigenvalue weighted by molar-refractivity contribution is 5.95. The Hall–Kier alpha value is -3.02. The predicted molar refractivity (Wildman–Crippen MR) is 120 cm³/mol. The first-order valence-electron chi connectivity index (χ1n) is 10.3. The molecule has 0 aliphatic carbocycles. The zero-order chi connectivity index (χ0) is 22.1. The molecule has 2 aromatic rings. The predicted octanol–water partition coefficient (Wildman–Crippen LogP) is 4.54. The molecule has 0 bridgehead atoms. The monoisotopic (exact) mass is 412 g/mol. The van der Waals surface area contributed by atoms with E-state index in [4.69, 9.17) is 9.47 Å². The summed E-state index contributed by atoms with van der Waals surface area (Å²) < 4.78 is 11.1. The molecule has 0 saturated heterocycles. The van der Waals surface area contributed by atoms with E-state index in [-0.39, 0.29) is 30.2 Å². The minimum Gasteiger partial charge on any atom is -0.490 e. The van der Waals surface area contributed by atoms with E-state index >= 15 is 0 Å². The van der Waals surface area contributed by atoms with E-state index in [0.717, 1.165) is 0 Å². The van der Waals surface area contributed by atoms with E-state index in [2.05, 4.69) is 31.4 Å². The molecule has 2 aromatic carbocycles. The van der Waals surface area contributed by atoms with E-state index in [9.17, 15) is 9.59 Å². The Morgan fingerprint density at radius 2 is 1.53 bits per heavy atom. The second kappa shape index (κ2) is 10.7. The molecule has 6 nitrogen and oxygen atoms in total. The molecule has 6 heteroatoms. The van der Waals surface area contributed by atoms with Crippen molar-refractivity contribution in [3.8, 4) is 11.5 Å². The van der Waals surface area contributed by atoms with Crippen molar-refractivity contribution in [1.82, 2.24) is 5.32 Å². The molecular weight excluding hydrogens is 380 g/mol. The van der Waals surface area contributed by atoms with E-state index in [1.807, 2.05) is 38.1 Å². The lowest BCUT2D eigenvalue weighted by Gasteiger charge is -2.19. The van der Waals surface area contributed by atoms with Gasteiger partial charge in [0.25, 0.3) is 5.91 Å². The fourth-order valence-corrected chi connectivity index (χ4v) is 2.87. The van der Waals surface area contributed by atoms with Crippen molar-refractivity contribution in [3.63, 3.8) is 0 Å². The van der Waals surface area contributed by atoms with Gasteiger partial charge >= 0.3 is 0 Å². The fraction of sp³-hybridized carbons (Fsp3) is 0.417. The Morgan fingerprint density at radius 1 is 0.900 bits per heavy atom. The van der Waals surface area contributed by atoms with Crippen molar-refractivity contribution in [2.75, 3.05) is 25.1 Å². The summed E-state index contributed by atoms with van der Waals surface area (Å²) in [6, 6.07) is 12.8. The summed E-state index contributed by atoms with van der Waals surface area (Å²) in [7, 11) is 0. The zero-order valence-corrected chi connectivity index (χ0v) is 18.5. The minimum atomic E-state index is -0.192. The van der Waals surface area contributed by atoms with Crippen molar-refractivity contribution in [1.29, 1.82) is 0 Å². The third-order valence-electron chi connectivity index (χ3n) is 4.48. The number of ether oxygens (including phenoxy) is 2. The highest BCUT2D eigenvalue weighted by atomic mass is 16.5. The van der Waals surface area contributed by atoms with Gasteiger partial charge in [-0.15, -0.1) is 0 Å². The summed E-state index contributed by atoms with van der Waals surface area (Å²) >= 11 is 0. The van der Waals surface area contributed by atoms with Crippen LogP contribution in [0.5, 0.6) is 11.5 Å². The van der Waals surface area contributed by atoms with Crippen molar-refractivity contribution >= 4 is 17.5 Å². The Bertz CT molecular complexity index is 854. The third kappa shape index (κ3) is 6.79. The number of carbonyl (C=O) groups excluding carboxylic acids is 2. The molecule has 0 spiro atoms. The van der Waals surface area contributed by atoms with Crippen molar-refractivity contribution in [3.05, 3.63) is 53.6 Å². The molecule has 0 radical (unpaired) electrons. The van der Waals surface area contributed by atoms with Crippen LogP contribution in [0.15, 0.2) is 42.5 Å². The topological polar surface area (TPSA) is 76.7 Å². The van der Waals surface area contributed by atoms with Crippen LogP contribution in [0.3, 0.4) is 0 Å². The van der Waals surface area contributed by atoms with Crippen LogP contribution in [0.25, 0.3) is 0 Å². The van der Waals surface area contributed by atoms with Gasteiger partial charge in [-0.05, 0) is 49.1 Å². The second-order valence-corrected chi connectivity index (χ2v) is 7.91. The normalized spacial score (nSPS) is 11.0. The maximum Gasteiger partial charge on any atom is 0.251 e. The molecule has 30 heavy (non-hydrogen) atoms. The smallest absolute Gasteiger partial charge is 0.251 e. The van der Waals surface area contributed by atoms with Crippen LogP contribution in [0.2, 0.25) is 0 Å². The van der Waals surface area contributed by atoms with Gasteiger partial charge in [0.1, 0.15) is 0 Å². The van der Waals surface area contributed by atoms with Gasteiger partial charge in [0, 0.05) is 30.3 Å². The van der Waals surface area contributed by atoms with Gasteiger partial charge in [-0.1, -0.05) is 32.9 Å². The molecule has 0 aliphatic rings. The number of anilines is 1. The molecule has 0 aliphatic heterocycles. The molecule has 2 amide bonds. The SMILES string of the molecule is CCOc1ccc(NC(=O)CCNC(=O)c2ccc(C(C)(C)C)cc2)cc1OCC. The molecule has 162 valence electrons. The van der Waals surface area contributed by atoms with Crippen LogP contribution >= 0.6 is 0 Å². The first-order chi connectivity index (χ1) is 14.2. The number of hydrogen-bond donors (Lipinski definition) is 2. The summed E-state index contributed by atoms with van der Waals surface area (Å²) in [5.74, 6) is 0.846. The van der Waals surface area contributed by atoms with E-state index in [0.29, 0.717) is 36.0 Å². The van der Waals surface area contributed by atoms with Gasteiger partial charge in [-0.3, -0.25) is 9.59 Å². The van der Waals surface area contributed by atoms with Crippen molar-refractivity contribution in [2.24, 2.45) is 0 Å². The summed E-state index contributed by atoms with van der Waals surface area (Å²) in [5, 5.41) is 5.61. The van der Waals surface area contributed by atoms with E-state index in [1.165, 1.54) is 5.56 Å². The summed E-state index contributed by atoms with van der Waals surface area (Å²) in [6.45, 7) is 11.5. The van der Waals surface area contributed by atoms with Crippen LogP contribution in [0, 0.1) is 0 Å². The summed E-state index contributed by atoms with van der Waals surface area (Å²) in [6.07, 6.45) is 0.170. The lowest BCUT2D eigenvalue weighted by molar-refractivity contribution is -0.116. The quantitative estimate of drug-likeness (QED) is 0.634. The molecule has 0 aromatic heterocycles. The van der Waals surface area contributed by atoms with Crippen LogP contribution in [0.1, 0.15) is 57.0 Å².